The number of halogens is 2. The molecule has 8 nitrogen and oxygen atoms in total. The zero-order valence-electron chi connectivity index (χ0n) is 16.7. The van der Waals surface area contributed by atoms with E-state index in [9.17, 15) is 4.39 Å². The Labute approximate surface area is 186 Å². The van der Waals surface area contributed by atoms with Crippen LogP contribution in [-0.4, -0.2) is 30.9 Å². The fraction of sp³-hybridized carbons (Fsp3) is 0.0952. The Balaban J connectivity index is 1.64. The van der Waals surface area contributed by atoms with Gasteiger partial charge in [0.25, 0.3) is 5.95 Å². The summed E-state index contributed by atoms with van der Waals surface area (Å²) >= 11 is 3.42. The lowest BCUT2D eigenvalue weighted by atomic mass is 10.2. The number of nitrogens with one attached hydrogen (secondary N) is 2. The topological polar surface area (TPSA) is 92.9 Å². The molecule has 0 fully saturated rings. The number of hydrogen-bond donors (Lipinski definition) is 2. The van der Waals surface area contributed by atoms with Crippen LogP contribution >= 0.6 is 15.9 Å². The minimum absolute atomic E-state index is 0.232. The summed E-state index contributed by atoms with van der Waals surface area (Å²) in [5.74, 6) is 0.607. The predicted octanol–water partition coefficient (Wildman–Crippen LogP) is 4.77. The minimum Gasteiger partial charge on any atom is -0.324 e. The fourth-order valence-corrected chi connectivity index (χ4v) is 3.04. The van der Waals surface area contributed by atoms with E-state index in [-0.39, 0.29) is 11.8 Å². The Morgan fingerprint density at radius 1 is 0.968 bits per heavy atom. The largest absolute Gasteiger partial charge is 0.324 e. The molecule has 0 unspecified atom stereocenters. The Kier molecular flexibility index (Phi) is 5.99. The molecule has 0 amide bonds. The van der Waals surface area contributed by atoms with Crippen LogP contribution in [0.5, 0.6) is 0 Å². The molecule has 10 heteroatoms. The van der Waals surface area contributed by atoms with E-state index in [2.05, 4.69) is 51.8 Å². The van der Waals surface area contributed by atoms with Crippen LogP contribution in [0, 0.1) is 19.7 Å². The van der Waals surface area contributed by atoms with Gasteiger partial charge in [0.15, 0.2) is 0 Å². The summed E-state index contributed by atoms with van der Waals surface area (Å²) in [6.45, 7) is 3.82. The summed E-state index contributed by atoms with van der Waals surface area (Å²) in [5.41, 5.74) is 6.09. The van der Waals surface area contributed by atoms with Crippen LogP contribution in [0.2, 0.25) is 0 Å². The summed E-state index contributed by atoms with van der Waals surface area (Å²) in [5, 5.41) is 11.8. The monoisotopic (exact) mass is 480 g/mol. The molecule has 2 aromatic carbocycles. The van der Waals surface area contributed by atoms with E-state index in [0.717, 1.165) is 27.1 Å². The molecule has 4 rings (SSSR count). The highest BCUT2D eigenvalue weighted by atomic mass is 79.9. The van der Waals surface area contributed by atoms with Gasteiger partial charge in [0, 0.05) is 15.9 Å². The van der Waals surface area contributed by atoms with Crippen LogP contribution in [0.25, 0.3) is 5.95 Å². The second-order valence-corrected chi connectivity index (χ2v) is 7.59. The van der Waals surface area contributed by atoms with E-state index in [0.29, 0.717) is 11.9 Å². The number of aromatic nitrogens is 5. The van der Waals surface area contributed by atoms with Gasteiger partial charge in [0.1, 0.15) is 5.82 Å². The molecule has 0 saturated heterocycles. The summed E-state index contributed by atoms with van der Waals surface area (Å²) in [6, 6.07) is 15.5. The maximum absolute atomic E-state index is 13.1. The number of nitrogens with zero attached hydrogens (tertiary/aromatic N) is 6. The molecule has 0 aliphatic heterocycles. The Morgan fingerprint density at radius 3 is 2.35 bits per heavy atom. The molecule has 2 aromatic heterocycles. The van der Waals surface area contributed by atoms with Gasteiger partial charge in [-0.15, -0.1) is 0 Å². The first-order valence-corrected chi connectivity index (χ1v) is 10.1. The summed E-state index contributed by atoms with van der Waals surface area (Å²) in [7, 11) is 0. The first kappa shape index (κ1) is 20.6. The number of anilines is 3. The van der Waals surface area contributed by atoms with Gasteiger partial charge in [0.2, 0.25) is 11.9 Å². The van der Waals surface area contributed by atoms with Gasteiger partial charge < -0.3 is 5.32 Å². The summed E-state index contributed by atoms with van der Waals surface area (Å²) in [4.78, 5) is 13.3. The fourth-order valence-electron chi connectivity index (χ4n) is 2.77. The lowest BCUT2D eigenvalue weighted by Gasteiger charge is -2.09. The van der Waals surface area contributed by atoms with Crippen molar-refractivity contribution < 1.29 is 4.39 Å². The SMILES string of the molecule is Cc1cc(C)n(-c2nc(N/N=C\c3ccc(F)cc3)nc(Nc3ccc(Br)cc3)n2)n1. The summed E-state index contributed by atoms with van der Waals surface area (Å²) < 4.78 is 15.7. The van der Waals surface area contributed by atoms with Crippen molar-refractivity contribution in [3.05, 3.63) is 81.8 Å². The highest BCUT2D eigenvalue weighted by molar-refractivity contribution is 9.10. The second kappa shape index (κ2) is 9.00. The van der Waals surface area contributed by atoms with Gasteiger partial charge in [-0.05, 0) is 61.9 Å². The van der Waals surface area contributed by atoms with Crippen molar-refractivity contribution in [3.8, 4) is 5.95 Å². The number of rotatable bonds is 6. The highest BCUT2D eigenvalue weighted by Crippen LogP contribution is 2.19. The molecular weight excluding hydrogens is 463 g/mol. The Morgan fingerprint density at radius 2 is 1.68 bits per heavy atom. The van der Waals surface area contributed by atoms with Crippen molar-refractivity contribution in [1.29, 1.82) is 0 Å². The molecule has 0 aliphatic rings. The van der Waals surface area contributed by atoms with Crippen LogP contribution in [-0.2, 0) is 0 Å². The van der Waals surface area contributed by atoms with E-state index >= 15 is 0 Å². The number of hydrogen-bond acceptors (Lipinski definition) is 7. The highest BCUT2D eigenvalue weighted by Gasteiger charge is 2.12. The van der Waals surface area contributed by atoms with E-state index in [4.69, 9.17) is 0 Å². The summed E-state index contributed by atoms with van der Waals surface area (Å²) in [6.07, 6.45) is 1.55. The van der Waals surface area contributed by atoms with Crippen LogP contribution in [0.3, 0.4) is 0 Å². The van der Waals surface area contributed by atoms with E-state index in [1.54, 1.807) is 23.0 Å². The van der Waals surface area contributed by atoms with Crippen LogP contribution in [0.1, 0.15) is 17.0 Å². The molecule has 0 radical (unpaired) electrons. The zero-order valence-corrected chi connectivity index (χ0v) is 18.3. The van der Waals surface area contributed by atoms with Gasteiger partial charge in [0.05, 0.1) is 11.9 Å². The zero-order chi connectivity index (χ0) is 21.8. The average Bonchev–Trinajstić information content (AvgIpc) is 3.09. The number of aryl methyl sites for hydroxylation is 2. The molecule has 2 N–H and O–H groups in total. The third kappa shape index (κ3) is 5.28. The van der Waals surface area contributed by atoms with Gasteiger partial charge in [-0.1, -0.05) is 28.1 Å². The van der Waals surface area contributed by atoms with Crippen LogP contribution in [0.15, 0.2) is 64.2 Å². The molecule has 4 aromatic rings. The molecule has 0 bridgehead atoms. The maximum Gasteiger partial charge on any atom is 0.257 e. The third-order valence-electron chi connectivity index (χ3n) is 4.17. The predicted molar refractivity (Wildman–Crippen MR) is 121 cm³/mol. The molecule has 0 spiro atoms. The van der Waals surface area contributed by atoms with E-state index in [1.165, 1.54) is 12.1 Å². The van der Waals surface area contributed by atoms with Gasteiger partial charge in [-0.2, -0.15) is 25.2 Å². The molecule has 0 atom stereocenters. The van der Waals surface area contributed by atoms with Crippen molar-refractivity contribution >= 4 is 39.7 Å². The van der Waals surface area contributed by atoms with Gasteiger partial charge in [-0.3, -0.25) is 0 Å². The van der Waals surface area contributed by atoms with Crippen LogP contribution in [0.4, 0.5) is 22.0 Å². The van der Waals surface area contributed by atoms with Crippen molar-refractivity contribution in [2.24, 2.45) is 5.10 Å². The van der Waals surface area contributed by atoms with Crippen molar-refractivity contribution in [3.63, 3.8) is 0 Å². The molecule has 31 heavy (non-hydrogen) atoms. The first-order chi connectivity index (χ1) is 15.0. The molecule has 0 aliphatic carbocycles. The third-order valence-corrected chi connectivity index (χ3v) is 4.70. The molecule has 0 saturated carbocycles. The molecular formula is C21H18BrFN8. The Hall–Kier alpha value is -3.66. The van der Waals surface area contributed by atoms with Crippen molar-refractivity contribution in [2.45, 2.75) is 13.8 Å². The Bertz CT molecular complexity index is 1220. The van der Waals surface area contributed by atoms with Gasteiger partial charge >= 0.3 is 0 Å². The lowest BCUT2D eigenvalue weighted by molar-refractivity contribution is 0.628. The second-order valence-electron chi connectivity index (χ2n) is 6.67. The molecule has 156 valence electrons. The normalized spacial score (nSPS) is 11.1. The number of hydrazone groups is 1. The van der Waals surface area contributed by atoms with Crippen LogP contribution < -0.4 is 10.7 Å². The quantitative estimate of drug-likeness (QED) is 0.305. The number of benzene rings is 2. The molecule has 2 heterocycles. The average molecular weight is 481 g/mol. The van der Waals surface area contributed by atoms with Crippen molar-refractivity contribution in [2.75, 3.05) is 10.7 Å². The van der Waals surface area contributed by atoms with Gasteiger partial charge in [-0.25, -0.2) is 14.5 Å². The smallest absolute Gasteiger partial charge is 0.257 e. The minimum atomic E-state index is -0.305. The van der Waals surface area contributed by atoms with E-state index < -0.39 is 0 Å². The first-order valence-electron chi connectivity index (χ1n) is 9.33. The lowest BCUT2D eigenvalue weighted by Crippen LogP contribution is -2.11. The maximum atomic E-state index is 13.1. The van der Waals surface area contributed by atoms with E-state index in [1.807, 2.05) is 44.2 Å². The standard InChI is InChI=1S/C21H18BrFN8/c1-13-11-14(2)31(30-13)21-27-19(25-18-9-5-16(22)6-10-18)26-20(28-21)29-24-12-15-3-7-17(23)8-4-15/h3-12H,1-2H3,(H2,25,26,27,28,29)/b24-12-. The van der Waals surface area contributed by atoms with Crippen molar-refractivity contribution in [1.82, 2.24) is 24.7 Å².